The van der Waals surface area contributed by atoms with Gasteiger partial charge in [-0.2, -0.15) is 0 Å². The van der Waals surface area contributed by atoms with Crippen LogP contribution in [0.25, 0.3) is 0 Å². The number of nitrogens with zero attached hydrogens (tertiary/aromatic N) is 3. The van der Waals surface area contributed by atoms with E-state index in [1.807, 2.05) is 0 Å². The van der Waals surface area contributed by atoms with Gasteiger partial charge in [-0.25, -0.2) is 19.7 Å². The van der Waals surface area contributed by atoms with E-state index in [0.717, 1.165) is 0 Å². The fourth-order valence-corrected chi connectivity index (χ4v) is 1.71. The Morgan fingerprint density at radius 2 is 2.19 bits per heavy atom. The maximum Gasteiger partial charge on any atom is 0.328 e. The van der Waals surface area contributed by atoms with Gasteiger partial charge in [0.05, 0.1) is 25.8 Å². The smallest absolute Gasteiger partial charge is 0.328 e. The summed E-state index contributed by atoms with van der Waals surface area (Å²) >= 11 is 5.60. The van der Waals surface area contributed by atoms with Crippen molar-refractivity contribution in [2.45, 2.75) is 12.5 Å². The van der Waals surface area contributed by atoms with Crippen molar-refractivity contribution in [3.8, 4) is 0 Å². The van der Waals surface area contributed by atoms with Crippen LogP contribution in [0.2, 0.25) is 5.15 Å². The summed E-state index contributed by atoms with van der Waals surface area (Å²) in [5, 5.41) is 2.71. The molecule has 21 heavy (non-hydrogen) atoms. The molecule has 2 aromatic rings. The predicted molar refractivity (Wildman–Crippen MR) is 72.6 cm³/mol. The number of nitrogens with one attached hydrogen (secondary N) is 2. The molecule has 0 radical (unpaired) electrons. The highest BCUT2D eigenvalue weighted by Crippen LogP contribution is 2.04. The standard InChI is InChI=1S/C12H12ClN5O3/c1-21-12(20)8(2-7-3-14-6-17-7)18-11(19)9-4-16-10(13)5-15-9/h3-6,8H,2H2,1H3,(H,14,17)(H,18,19)/t8-/m0/s1. The summed E-state index contributed by atoms with van der Waals surface area (Å²) in [7, 11) is 1.25. The number of aromatic nitrogens is 4. The lowest BCUT2D eigenvalue weighted by molar-refractivity contribution is -0.142. The fourth-order valence-electron chi connectivity index (χ4n) is 1.61. The number of halogens is 1. The Kier molecular flexibility index (Phi) is 4.83. The van der Waals surface area contributed by atoms with Crippen LogP contribution in [0.15, 0.2) is 24.9 Å². The third kappa shape index (κ3) is 3.99. The molecule has 0 aliphatic heterocycles. The average Bonchev–Trinajstić information content (AvgIpc) is 2.99. The molecule has 0 aromatic carbocycles. The number of carbonyl (C=O) groups is 2. The van der Waals surface area contributed by atoms with Crippen LogP contribution in [-0.4, -0.2) is 45.0 Å². The van der Waals surface area contributed by atoms with Crippen LogP contribution in [0.4, 0.5) is 0 Å². The van der Waals surface area contributed by atoms with E-state index in [9.17, 15) is 9.59 Å². The van der Waals surface area contributed by atoms with Crippen molar-refractivity contribution in [2.24, 2.45) is 0 Å². The number of methoxy groups -OCH3 is 1. The number of H-pyrrole nitrogens is 1. The Hall–Kier alpha value is -2.48. The van der Waals surface area contributed by atoms with Crippen molar-refractivity contribution < 1.29 is 14.3 Å². The monoisotopic (exact) mass is 309 g/mol. The first-order valence-corrected chi connectivity index (χ1v) is 6.31. The highest BCUT2D eigenvalue weighted by molar-refractivity contribution is 6.29. The lowest BCUT2D eigenvalue weighted by atomic mass is 10.1. The number of hydrogen-bond acceptors (Lipinski definition) is 6. The Bertz CT molecular complexity index is 614. The van der Waals surface area contributed by atoms with Crippen molar-refractivity contribution in [3.63, 3.8) is 0 Å². The highest BCUT2D eigenvalue weighted by atomic mass is 35.5. The molecule has 0 saturated heterocycles. The topological polar surface area (TPSA) is 110 Å². The van der Waals surface area contributed by atoms with E-state index in [4.69, 9.17) is 11.6 Å². The summed E-state index contributed by atoms with van der Waals surface area (Å²) in [5.41, 5.74) is 0.741. The van der Waals surface area contributed by atoms with E-state index in [0.29, 0.717) is 5.69 Å². The summed E-state index contributed by atoms with van der Waals surface area (Å²) in [4.78, 5) is 38.0. The zero-order valence-corrected chi connectivity index (χ0v) is 11.8. The van der Waals surface area contributed by atoms with Gasteiger partial charge in [-0.1, -0.05) is 11.6 Å². The maximum atomic E-state index is 12.0. The van der Waals surface area contributed by atoms with Gasteiger partial charge in [0.25, 0.3) is 5.91 Å². The van der Waals surface area contributed by atoms with Crippen molar-refractivity contribution >= 4 is 23.5 Å². The molecule has 0 unspecified atom stereocenters. The quantitative estimate of drug-likeness (QED) is 0.772. The Morgan fingerprint density at radius 1 is 1.38 bits per heavy atom. The SMILES string of the molecule is COC(=O)[C@H](Cc1cnc[nH]1)NC(=O)c1cnc(Cl)cn1. The van der Waals surface area contributed by atoms with Gasteiger partial charge in [0.2, 0.25) is 0 Å². The van der Waals surface area contributed by atoms with Crippen molar-refractivity contribution in [2.75, 3.05) is 7.11 Å². The van der Waals surface area contributed by atoms with Gasteiger partial charge in [0, 0.05) is 18.3 Å². The molecule has 0 bridgehead atoms. The van der Waals surface area contributed by atoms with Crippen LogP contribution in [-0.2, 0) is 16.0 Å². The van der Waals surface area contributed by atoms with E-state index < -0.39 is 17.9 Å². The van der Waals surface area contributed by atoms with Crippen LogP contribution in [0, 0.1) is 0 Å². The number of imidazole rings is 1. The minimum absolute atomic E-state index is 0.0536. The van der Waals surface area contributed by atoms with Crippen molar-refractivity contribution in [1.29, 1.82) is 0 Å². The molecule has 0 fully saturated rings. The first kappa shape index (κ1) is 14.9. The summed E-state index contributed by atoms with van der Waals surface area (Å²) in [6.45, 7) is 0. The molecule has 110 valence electrons. The summed E-state index contributed by atoms with van der Waals surface area (Å²) in [6.07, 6.45) is 5.74. The Balaban J connectivity index is 2.09. The van der Waals surface area contributed by atoms with Crippen LogP contribution >= 0.6 is 11.6 Å². The van der Waals surface area contributed by atoms with Crippen LogP contribution in [0.5, 0.6) is 0 Å². The number of hydrogen-bond donors (Lipinski definition) is 2. The molecule has 8 nitrogen and oxygen atoms in total. The number of carbonyl (C=O) groups excluding carboxylic acids is 2. The first-order valence-electron chi connectivity index (χ1n) is 5.93. The zero-order chi connectivity index (χ0) is 15.2. The zero-order valence-electron chi connectivity index (χ0n) is 11.0. The number of amides is 1. The molecule has 0 aliphatic carbocycles. The van der Waals surface area contributed by atoms with Gasteiger partial charge in [0.1, 0.15) is 16.9 Å². The molecule has 0 saturated carbocycles. The minimum Gasteiger partial charge on any atom is -0.467 e. The maximum absolute atomic E-state index is 12.0. The number of aromatic amines is 1. The van der Waals surface area contributed by atoms with Crippen LogP contribution in [0.1, 0.15) is 16.2 Å². The second-order valence-corrected chi connectivity index (χ2v) is 4.44. The van der Waals surface area contributed by atoms with Gasteiger partial charge in [-0.05, 0) is 0 Å². The third-order valence-corrected chi connectivity index (χ3v) is 2.82. The second-order valence-electron chi connectivity index (χ2n) is 4.05. The van der Waals surface area contributed by atoms with Crippen molar-refractivity contribution in [1.82, 2.24) is 25.3 Å². The van der Waals surface area contributed by atoms with Gasteiger partial charge >= 0.3 is 5.97 Å². The molecule has 1 amide bonds. The van der Waals surface area contributed by atoms with E-state index in [2.05, 4.69) is 30.0 Å². The number of rotatable bonds is 5. The van der Waals surface area contributed by atoms with Gasteiger partial charge in [-0.15, -0.1) is 0 Å². The summed E-state index contributed by atoms with van der Waals surface area (Å²) < 4.78 is 4.67. The molecular weight excluding hydrogens is 298 g/mol. The molecule has 1 atom stereocenters. The highest BCUT2D eigenvalue weighted by Gasteiger charge is 2.23. The molecule has 0 aliphatic rings. The van der Waals surface area contributed by atoms with Crippen LogP contribution in [0.3, 0.4) is 0 Å². The molecular formula is C12H12ClN5O3. The second kappa shape index (κ2) is 6.80. The molecule has 9 heteroatoms. The van der Waals surface area contributed by atoms with Gasteiger partial charge < -0.3 is 15.0 Å². The molecule has 2 heterocycles. The Labute approximate surface area is 124 Å². The minimum atomic E-state index is -0.861. The summed E-state index contributed by atoms with van der Waals surface area (Å²) in [5.74, 6) is -1.12. The van der Waals surface area contributed by atoms with E-state index >= 15 is 0 Å². The summed E-state index contributed by atoms with van der Waals surface area (Å²) in [6, 6.07) is -0.861. The molecule has 2 aromatic heterocycles. The lowest BCUT2D eigenvalue weighted by Gasteiger charge is -2.15. The first-order chi connectivity index (χ1) is 10.1. The van der Waals surface area contributed by atoms with E-state index in [1.54, 1.807) is 6.20 Å². The van der Waals surface area contributed by atoms with Gasteiger partial charge in [0.15, 0.2) is 0 Å². The lowest BCUT2D eigenvalue weighted by Crippen LogP contribution is -2.43. The fraction of sp³-hybridized carbons (Fsp3) is 0.250. The molecule has 0 spiro atoms. The largest absolute Gasteiger partial charge is 0.467 e. The third-order valence-electron chi connectivity index (χ3n) is 2.62. The van der Waals surface area contributed by atoms with Crippen LogP contribution < -0.4 is 5.32 Å². The molecule has 2 N–H and O–H groups in total. The van der Waals surface area contributed by atoms with Gasteiger partial charge in [-0.3, -0.25) is 4.79 Å². The Morgan fingerprint density at radius 3 is 2.76 bits per heavy atom. The average molecular weight is 310 g/mol. The van der Waals surface area contributed by atoms with Crippen molar-refractivity contribution in [3.05, 3.63) is 41.5 Å². The number of ether oxygens (including phenoxy) is 1. The van der Waals surface area contributed by atoms with E-state index in [-0.39, 0.29) is 17.3 Å². The van der Waals surface area contributed by atoms with E-state index in [1.165, 1.54) is 25.8 Å². The molecule has 2 rings (SSSR count). The normalized spacial score (nSPS) is 11.7. The predicted octanol–water partition coefficient (Wildman–Crippen LogP) is 0.367. The number of esters is 1.